The van der Waals surface area contributed by atoms with E-state index in [1.54, 1.807) is 18.3 Å². The lowest BCUT2D eigenvalue weighted by Gasteiger charge is -2.25. The summed E-state index contributed by atoms with van der Waals surface area (Å²) in [6, 6.07) is 3.46. The van der Waals surface area contributed by atoms with Crippen molar-refractivity contribution < 1.29 is 4.79 Å². The molecule has 1 heterocycles. The average molecular weight is 283 g/mol. The van der Waals surface area contributed by atoms with Crippen molar-refractivity contribution in [1.29, 1.82) is 0 Å². The van der Waals surface area contributed by atoms with Crippen LogP contribution < -0.4 is 5.32 Å². The summed E-state index contributed by atoms with van der Waals surface area (Å²) in [6.45, 7) is 0.781. The molecule has 0 saturated heterocycles. The second kappa shape index (κ2) is 5.43. The molecule has 0 aliphatic heterocycles. The third kappa shape index (κ3) is 3.04. The molecule has 1 aromatic heterocycles. The van der Waals surface area contributed by atoms with Crippen LogP contribution in [-0.2, 0) is 0 Å². The number of hydrogen-bond acceptors (Lipinski definition) is 2. The highest BCUT2D eigenvalue weighted by molar-refractivity contribution is 9.10. The van der Waals surface area contributed by atoms with Crippen LogP contribution in [0.3, 0.4) is 0 Å². The van der Waals surface area contributed by atoms with Gasteiger partial charge in [-0.15, -0.1) is 0 Å². The van der Waals surface area contributed by atoms with Crippen LogP contribution in [0.25, 0.3) is 0 Å². The van der Waals surface area contributed by atoms with Crippen molar-refractivity contribution in [3.8, 4) is 0 Å². The smallest absolute Gasteiger partial charge is 0.251 e. The van der Waals surface area contributed by atoms with Crippen LogP contribution in [0.1, 0.15) is 36.0 Å². The number of nitrogens with zero attached hydrogens (tertiary/aromatic N) is 1. The quantitative estimate of drug-likeness (QED) is 0.863. The van der Waals surface area contributed by atoms with Gasteiger partial charge >= 0.3 is 0 Å². The Labute approximate surface area is 104 Å². The van der Waals surface area contributed by atoms with Gasteiger partial charge in [0.25, 0.3) is 5.91 Å². The second-order valence-electron chi connectivity index (χ2n) is 4.21. The molecular formula is C12H15BrN2O. The summed E-state index contributed by atoms with van der Waals surface area (Å²) in [6.07, 6.45) is 6.76. The summed E-state index contributed by atoms with van der Waals surface area (Å²) in [5.74, 6) is 0.826. The standard InChI is InChI=1S/C12H15BrN2O/c13-11-8-10(5-7-14-11)12(16)15-6-4-9-2-1-3-9/h5,7-9H,1-4,6H2,(H,15,16). The third-order valence-electron chi connectivity index (χ3n) is 3.05. The first-order chi connectivity index (χ1) is 7.75. The summed E-state index contributed by atoms with van der Waals surface area (Å²) in [5.41, 5.74) is 0.662. The monoisotopic (exact) mass is 282 g/mol. The SMILES string of the molecule is O=C(NCCC1CCC1)c1ccnc(Br)c1. The molecule has 1 aliphatic carbocycles. The molecule has 0 aromatic carbocycles. The topological polar surface area (TPSA) is 42.0 Å². The summed E-state index contributed by atoms with van der Waals surface area (Å²) in [5, 5.41) is 2.94. The normalized spacial score (nSPS) is 15.6. The van der Waals surface area contributed by atoms with Crippen molar-refractivity contribution in [3.63, 3.8) is 0 Å². The molecule has 1 amide bonds. The molecule has 16 heavy (non-hydrogen) atoms. The third-order valence-corrected chi connectivity index (χ3v) is 3.49. The Hall–Kier alpha value is -0.900. The number of aromatic nitrogens is 1. The number of carbonyl (C=O) groups excluding carboxylic acids is 1. The van der Waals surface area contributed by atoms with Crippen LogP contribution >= 0.6 is 15.9 Å². The van der Waals surface area contributed by atoms with Gasteiger partial charge < -0.3 is 5.32 Å². The van der Waals surface area contributed by atoms with E-state index in [0.29, 0.717) is 10.2 Å². The van der Waals surface area contributed by atoms with Crippen LogP contribution in [-0.4, -0.2) is 17.4 Å². The van der Waals surface area contributed by atoms with Gasteiger partial charge in [-0.3, -0.25) is 4.79 Å². The van der Waals surface area contributed by atoms with Crippen LogP contribution in [0.15, 0.2) is 22.9 Å². The number of carbonyl (C=O) groups is 1. The van der Waals surface area contributed by atoms with Gasteiger partial charge in [0, 0.05) is 18.3 Å². The molecule has 0 radical (unpaired) electrons. The van der Waals surface area contributed by atoms with E-state index in [1.165, 1.54) is 19.3 Å². The molecular weight excluding hydrogens is 268 g/mol. The number of amides is 1. The van der Waals surface area contributed by atoms with Gasteiger partial charge in [0.15, 0.2) is 0 Å². The Morgan fingerprint density at radius 3 is 3.00 bits per heavy atom. The van der Waals surface area contributed by atoms with E-state index < -0.39 is 0 Å². The Morgan fingerprint density at radius 1 is 1.56 bits per heavy atom. The highest BCUT2D eigenvalue weighted by Gasteiger charge is 2.17. The first-order valence-electron chi connectivity index (χ1n) is 5.65. The van der Waals surface area contributed by atoms with Gasteiger partial charge in [0.1, 0.15) is 4.60 Å². The molecule has 1 aliphatic rings. The van der Waals surface area contributed by atoms with Gasteiger partial charge in [-0.05, 0) is 40.4 Å². The van der Waals surface area contributed by atoms with Gasteiger partial charge in [-0.1, -0.05) is 19.3 Å². The predicted octanol–water partition coefficient (Wildman–Crippen LogP) is 2.76. The maximum Gasteiger partial charge on any atom is 0.251 e. The Balaban J connectivity index is 1.78. The molecule has 0 unspecified atom stereocenters. The van der Waals surface area contributed by atoms with E-state index in [2.05, 4.69) is 26.2 Å². The summed E-state index contributed by atoms with van der Waals surface area (Å²) >= 11 is 3.25. The van der Waals surface area contributed by atoms with Crippen molar-refractivity contribution in [1.82, 2.24) is 10.3 Å². The van der Waals surface area contributed by atoms with E-state index in [0.717, 1.165) is 18.9 Å². The van der Waals surface area contributed by atoms with Crippen molar-refractivity contribution in [2.45, 2.75) is 25.7 Å². The lowest BCUT2D eigenvalue weighted by atomic mass is 9.83. The zero-order valence-electron chi connectivity index (χ0n) is 9.08. The zero-order valence-corrected chi connectivity index (χ0v) is 10.7. The van der Waals surface area contributed by atoms with E-state index in [-0.39, 0.29) is 5.91 Å². The molecule has 86 valence electrons. The van der Waals surface area contributed by atoms with Crippen LogP contribution in [0.2, 0.25) is 0 Å². The fraction of sp³-hybridized carbons (Fsp3) is 0.500. The van der Waals surface area contributed by atoms with Gasteiger partial charge in [0.05, 0.1) is 0 Å². The summed E-state index contributed by atoms with van der Waals surface area (Å²) in [7, 11) is 0. The first kappa shape index (κ1) is 11.6. The maximum absolute atomic E-state index is 11.7. The molecule has 1 saturated carbocycles. The number of pyridine rings is 1. The van der Waals surface area contributed by atoms with Crippen molar-refractivity contribution >= 4 is 21.8 Å². The summed E-state index contributed by atoms with van der Waals surface area (Å²) in [4.78, 5) is 15.7. The van der Waals surface area contributed by atoms with Crippen molar-refractivity contribution in [2.75, 3.05) is 6.54 Å². The number of hydrogen-bond donors (Lipinski definition) is 1. The van der Waals surface area contributed by atoms with Crippen LogP contribution in [0.4, 0.5) is 0 Å². The maximum atomic E-state index is 11.7. The minimum absolute atomic E-state index is 0.0116. The Bertz CT molecular complexity index is 377. The van der Waals surface area contributed by atoms with Crippen molar-refractivity contribution in [3.05, 3.63) is 28.5 Å². The molecule has 1 aromatic rings. The fourth-order valence-corrected chi connectivity index (χ4v) is 2.18. The molecule has 2 rings (SSSR count). The van der Waals surface area contributed by atoms with Crippen LogP contribution in [0, 0.1) is 5.92 Å². The van der Waals surface area contributed by atoms with Gasteiger partial charge in [-0.2, -0.15) is 0 Å². The largest absolute Gasteiger partial charge is 0.352 e. The summed E-state index contributed by atoms with van der Waals surface area (Å²) < 4.78 is 0.694. The predicted molar refractivity (Wildman–Crippen MR) is 66.2 cm³/mol. The number of rotatable bonds is 4. The number of nitrogens with one attached hydrogen (secondary N) is 1. The van der Waals surface area contributed by atoms with Gasteiger partial charge in [-0.25, -0.2) is 4.98 Å². The minimum atomic E-state index is -0.0116. The molecule has 1 N–H and O–H groups in total. The molecule has 0 spiro atoms. The zero-order chi connectivity index (χ0) is 11.4. The average Bonchev–Trinajstić information content (AvgIpc) is 2.21. The van der Waals surface area contributed by atoms with Crippen LogP contribution in [0.5, 0.6) is 0 Å². The highest BCUT2D eigenvalue weighted by atomic mass is 79.9. The van der Waals surface area contributed by atoms with E-state index in [1.807, 2.05) is 0 Å². The Kier molecular flexibility index (Phi) is 3.93. The molecule has 1 fully saturated rings. The molecule has 4 heteroatoms. The lowest BCUT2D eigenvalue weighted by molar-refractivity contribution is 0.0949. The first-order valence-corrected chi connectivity index (χ1v) is 6.45. The molecule has 0 bridgehead atoms. The Morgan fingerprint density at radius 2 is 2.38 bits per heavy atom. The van der Waals surface area contributed by atoms with E-state index in [9.17, 15) is 4.79 Å². The fourth-order valence-electron chi connectivity index (χ4n) is 1.82. The highest BCUT2D eigenvalue weighted by Crippen LogP contribution is 2.28. The molecule has 0 atom stereocenters. The molecule has 3 nitrogen and oxygen atoms in total. The van der Waals surface area contributed by atoms with E-state index >= 15 is 0 Å². The minimum Gasteiger partial charge on any atom is -0.352 e. The number of halogens is 1. The van der Waals surface area contributed by atoms with Gasteiger partial charge in [0.2, 0.25) is 0 Å². The van der Waals surface area contributed by atoms with Crippen molar-refractivity contribution in [2.24, 2.45) is 5.92 Å². The lowest BCUT2D eigenvalue weighted by Crippen LogP contribution is -2.27. The van der Waals surface area contributed by atoms with E-state index in [4.69, 9.17) is 0 Å². The second-order valence-corrected chi connectivity index (χ2v) is 5.02.